The summed E-state index contributed by atoms with van der Waals surface area (Å²) < 4.78 is 10.6. The Morgan fingerprint density at radius 2 is 2.14 bits per heavy atom. The number of nitrogens with zero attached hydrogens (tertiary/aromatic N) is 2. The van der Waals surface area contributed by atoms with Gasteiger partial charge < -0.3 is 25.2 Å². The summed E-state index contributed by atoms with van der Waals surface area (Å²) in [5, 5.41) is 10.3. The zero-order chi connectivity index (χ0) is 15.6. The Hall–Kier alpha value is -2.70. The topological polar surface area (TPSA) is 97.9 Å². The first-order chi connectivity index (χ1) is 9.99. The maximum absolute atomic E-state index is 10.9. The summed E-state index contributed by atoms with van der Waals surface area (Å²) in [6.07, 6.45) is 1.58. The van der Waals surface area contributed by atoms with Crippen LogP contribution in [0.2, 0.25) is 0 Å². The SMILES string of the molecule is COc1cc(N)c2c(N(C)CC(=O)O)nccc2c1OC. The van der Waals surface area contributed by atoms with Crippen LogP contribution in [0.3, 0.4) is 0 Å². The lowest BCUT2D eigenvalue weighted by Crippen LogP contribution is -2.26. The minimum Gasteiger partial charge on any atom is -0.493 e. The van der Waals surface area contributed by atoms with Gasteiger partial charge in [-0.25, -0.2) is 4.98 Å². The van der Waals surface area contributed by atoms with Crippen molar-refractivity contribution in [2.24, 2.45) is 0 Å². The molecule has 2 aromatic rings. The van der Waals surface area contributed by atoms with E-state index in [1.807, 2.05) is 0 Å². The van der Waals surface area contributed by atoms with E-state index in [0.717, 1.165) is 5.39 Å². The van der Waals surface area contributed by atoms with Crippen LogP contribution in [0.1, 0.15) is 0 Å². The third kappa shape index (κ3) is 2.62. The summed E-state index contributed by atoms with van der Waals surface area (Å²) in [5.41, 5.74) is 6.52. The number of aromatic nitrogens is 1. The molecule has 2 rings (SSSR count). The van der Waals surface area contributed by atoms with E-state index in [-0.39, 0.29) is 6.54 Å². The van der Waals surface area contributed by atoms with Crippen molar-refractivity contribution in [2.75, 3.05) is 38.4 Å². The maximum Gasteiger partial charge on any atom is 0.323 e. The van der Waals surface area contributed by atoms with Crippen LogP contribution in [0.25, 0.3) is 10.8 Å². The predicted molar refractivity (Wildman–Crippen MR) is 80.2 cm³/mol. The van der Waals surface area contributed by atoms with Crippen molar-refractivity contribution in [3.8, 4) is 11.5 Å². The molecule has 0 spiro atoms. The van der Waals surface area contributed by atoms with E-state index in [9.17, 15) is 4.79 Å². The minimum atomic E-state index is -0.949. The Kier molecular flexibility index (Phi) is 4.02. The molecule has 112 valence electrons. The van der Waals surface area contributed by atoms with Crippen molar-refractivity contribution < 1.29 is 19.4 Å². The minimum absolute atomic E-state index is 0.181. The largest absolute Gasteiger partial charge is 0.493 e. The van der Waals surface area contributed by atoms with E-state index >= 15 is 0 Å². The molecular weight excluding hydrogens is 274 g/mol. The number of rotatable bonds is 5. The Balaban J connectivity index is 2.72. The molecule has 7 nitrogen and oxygen atoms in total. The van der Waals surface area contributed by atoms with Gasteiger partial charge in [0.15, 0.2) is 11.5 Å². The molecular formula is C14H17N3O4. The highest BCUT2D eigenvalue weighted by molar-refractivity contribution is 6.06. The molecule has 3 N–H and O–H groups in total. The predicted octanol–water partition coefficient (Wildman–Crippen LogP) is 1.35. The summed E-state index contributed by atoms with van der Waals surface area (Å²) in [6.45, 7) is -0.181. The van der Waals surface area contributed by atoms with E-state index in [2.05, 4.69) is 4.98 Å². The van der Waals surface area contributed by atoms with Gasteiger partial charge in [-0.3, -0.25) is 4.79 Å². The number of hydrogen-bond donors (Lipinski definition) is 2. The van der Waals surface area contributed by atoms with Gasteiger partial charge in [-0.1, -0.05) is 0 Å². The number of pyridine rings is 1. The lowest BCUT2D eigenvalue weighted by atomic mass is 10.1. The number of carbonyl (C=O) groups is 1. The molecule has 0 saturated heterocycles. The number of nitrogen functional groups attached to an aromatic ring is 1. The van der Waals surface area contributed by atoms with Crippen LogP contribution in [-0.4, -0.2) is 43.9 Å². The quantitative estimate of drug-likeness (QED) is 0.802. The zero-order valence-corrected chi connectivity index (χ0v) is 12.1. The maximum atomic E-state index is 10.9. The van der Waals surface area contributed by atoms with Gasteiger partial charge in [0, 0.05) is 30.4 Å². The van der Waals surface area contributed by atoms with Gasteiger partial charge in [-0.2, -0.15) is 0 Å². The van der Waals surface area contributed by atoms with Crippen LogP contribution >= 0.6 is 0 Å². The van der Waals surface area contributed by atoms with Crippen molar-refractivity contribution in [2.45, 2.75) is 0 Å². The Bertz CT molecular complexity index is 687. The first-order valence-corrected chi connectivity index (χ1v) is 6.21. The second-order valence-electron chi connectivity index (χ2n) is 4.51. The standard InChI is InChI=1S/C14H17N3O4/c1-17(7-11(18)19)14-12-8(4-5-16-14)13(21-3)10(20-2)6-9(12)15/h4-6H,7,15H2,1-3H3,(H,18,19). The zero-order valence-electron chi connectivity index (χ0n) is 12.1. The number of aliphatic carboxylic acids is 1. The van der Waals surface area contributed by atoms with Crippen molar-refractivity contribution in [1.82, 2.24) is 4.98 Å². The number of likely N-dealkylation sites (N-methyl/N-ethyl adjacent to an activating group) is 1. The van der Waals surface area contributed by atoms with E-state index in [1.54, 1.807) is 25.4 Å². The molecule has 0 amide bonds. The number of nitrogens with two attached hydrogens (primary N) is 1. The number of anilines is 2. The summed E-state index contributed by atoms with van der Waals surface area (Å²) in [7, 11) is 4.71. The van der Waals surface area contributed by atoms with Crippen LogP contribution in [-0.2, 0) is 4.79 Å². The summed E-state index contributed by atoms with van der Waals surface area (Å²) in [6, 6.07) is 3.39. The number of hydrogen-bond acceptors (Lipinski definition) is 6. The first-order valence-electron chi connectivity index (χ1n) is 6.21. The normalized spacial score (nSPS) is 10.4. The van der Waals surface area contributed by atoms with E-state index in [4.69, 9.17) is 20.3 Å². The molecule has 0 fully saturated rings. The average Bonchev–Trinajstić information content (AvgIpc) is 2.45. The van der Waals surface area contributed by atoms with Crippen molar-refractivity contribution in [1.29, 1.82) is 0 Å². The van der Waals surface area contributed by atoms with Crippen LogP contribution in [0.15, 0.2) is 18.3 Å². The number of ether oxygens (including phenoxy) is 2. The molecule has 7 heteroatoms. The van der Waals surface area contributed by atoms with Crippen LogP contribution in [0.5, 0.6) is 11.5 Å². The van der Waals surface area contributed by atoms with Gasteiger partial charge >= 0.3 is 5.97 Å². The monoisotopic (exact) mass is 291 g/mol. The van der Waals surface area contributed by atoms with Crippen molar-refractivity contribution in [3.05, 3.63) is 18.3 Å². The molecule has 21 heavy (non-hydrogen) atoms. The van der Waals surface area contributed by atoms with Crippen LogP contribution in [0, 0.1) is 0 Å². The van der Waals surface area contributed by atoms with Gasteiger partial charge in [0.25, 0.3) is 0 Å². The van der Waals surface area contributed by atoms with E-state index in [1.165, 1.54) is 19.1 Å². The fourth-order valence-electron chi connectivity index (χ4n) is 2.27. The number of carboxylic acids is 1. The second kappa shape index (κ2) is 5.74. The van der Waals surface area contributed by atoms with Crippen LogP contribution < -0.4 is 20.1 Å². The van der Waals surface area contributed by atoms with Gasteiger partial charge in [0.05, 0.1) is 19.6 Å². The highest BCUT2D eigenvalue weighted by Crippen LogP contribution is 2.41. The number of methoxy groups -OCH3 is 2. The van der Waals surface area contributed by atoms with E-state index < -0.39 is 5.97 Å². The molecule has 0 atom stereocenters. The Morgan fingerprint density at radius 1 is 1.43 bits per heavy atom. The number of fused-ring (bicyclic) bond motifs is 1. The molecule has 0 aliphatic heterocycles. The lowest BCUT2D eigenvalue weighted by molar-refractivity contribution is -0.135. The van der Waals surface area contributed by atoms with Gasteiger partial charge in [-0.15, -0.1) is 0 Å². The summed E-state index contributed by atoms with van der Waals surface area (Å²) >= 11 is 0. The Morgan fingerprint density at radius 3 is 2.71 bits per heavy atom. The van der Waals surface area contributed by atoms with Crippen LogP contribution in [0.4, 0.5) is 11.5 Å². The highest BCUT2D eigenvalue weighted by atomic mass is 16.5. The average molecular weight is 291 g/mol. The van der Waals surface area contributed by atoms with Gasteiger partial charge in [0.1, 0.15) is 12.4 Å². The fourth-order valence-corrected chi connectivity index (χ4v) is 2.27. The van der Waals surface area contributed by atoms with Crippen molar-refractivity contribution in [3.63, 3.8) is 0 Å². The molecule has 0 unspecified atom stereocenters. The summed E-state index contributed by atoms with van der Waals surface area (Å²) in [5.74, 6) is 0.582. The lowest BCUT2D eigenvalue weighted by Gasteiger charge is -2.20. The van der Waals surface area contributed by atoms with Gasteiger partial charge in [-0.05, 0) is 6.07 Å². The highest BCUT2D eigenvalue weighted by Gasteiger charge is 2.18. The van der Waals surface area contributed by atoms with Gasteiger partial charge in [0.2, 0.25) is 0 Å². The third-order valence-corrected chi connectivity index (χ3v) is 3.13. The molecule has 1 aromatic carbocycles. The molecule has 1 aromatic heterocycles. The smallest absolute Gasteiger partial charge is 0.323 e. The fraction of sp³-hybridized carbons (Fsp3) is 0.286. The molecule has 0 radical (unpaired) electrons. The number of benzene rings is 1. The molecule has 0 bridgehead atoms. The van der Waals surface area contributed by atoms with Crippen molar-refractivity contribution >= 4 is 28.2 Å². The molecule has 0 aliphatic rings. The Labute approximate surface area is 121 Å². The molecule has 0 saturated carbocycles. The molecule has 0 aliphatic carbocycles. The van der Waals surface area contributed by atoms with E-state index in [0.29, 0.717) is 28.4 Å². The second-order valence-corrected chi connectivity index (χ2v) is 4.51. The third-order valence-electron chi connectivity index (χ3n) is 3.13. The molecule has 1 heterocycles. The number of carboxylic acid groups (broad SMARTS) is 1. The summed E-state index contributed by atoms with van der Waals surface area (Å²) in [4.78, 5) is 16.6. The first kappa shape index (κ1) is 14.7.